The fraction of sp³-hybridized carbons (Fsp3) is 0.500. The van der Waals surface area contributed by atoms with Crippen LogP contribution in [0.2, 0.25) is 0 Å². The molecule has 3 rings (SSSR count). The molecule has 0 bridgehead atoms. The number of nitrogens with two attached hydrogens (primary N) is 1. The Morgan fingerprint density at radius 1 is 1.24 bits per heavy atom. The normalized spacial score (nSPS) is 18.1. The number of rotatable bonds is 5. The highest BCUT2D eigenvalue weighted by molar-refractivity contribution is 5.92. The molecule has 0 spiro atoms. The van der Waals surface area contributed by atoms with E-state index in [1.807, 2.05) is 39.0 Å². The summed E-state index contributed by atoms with van der Waals surface area (Å²) >= 11 is 0. The zero-order chi connectivity index (χ0) is 24.9. The van der Waals surface area contributed by atoms with E-state index >= 15 is 0 Å². The molecule has 2 heterocycles. The Kier molecular flexibility index (Phi) is 8.48. The number of hydrogen-bond donors (Lipinski definition) is 2. The van der Waals surface area contributed by atoms with Crippen LogP contribution in [0.3, 0.4) is 0 Å². The number of carbonyl (C=O) groups excluding carboxylic acids is 2. The monoisotopic (exact) mass is 471 g/mol. The lowest BCUT2D eigenvalue weighted by Crippen LogP contribution is -2.48. The number of halogens is 3. The maximum absolute atomic E-state index is 12.9. The van der Waals surface area contributed by atoms with Gasteiger partial charge in [-0.3, -0.25) is 9.59 Å². The SMILES string of the molecule is CCN(CC)C(=O)[C@@H]1C[C@@H](N)CN1C(=O)Cc1coc2cc(C)ccc12.O=C(O)C(F)(F)F. The van der Waals surface area contributed by atoms with Crippen molar-refractivity contribution in [2.24, 2.45) is 5.73 Å². The Hall–Kier alpha value is -3.08. The lowest BCUT2D eigenvalue weighted by molar-refractivity contribution is -0.192. The summed E-state index contributed by atoms with van der Waals surface area (Å²) in [4.78, 5) is 38.0. The molecule has 33 heavy (non-hydrogen) atoms. The molecule has 182 valence electrons. The van der Waals surface area contributed by atoms with E-state index in [9.17, 15) is 22.8 Å². The van der Waals surface area contributed by atoms with E-state index in [0.717, 1.165) is 22.1 Å². The number of benzene rings is 1. The predicted octanol–water partition coefficient (Wildman–Crippen LogP) is 2.71. The number of carboxylic acids is 1. The van der Waals surface area contributed by atoms with Crippen LogP contribution in [-0.2, 0) is 20.8 Å². The first kappa shape index (κ1) is 26.2. The second-order valence-corrected chi connectivity index (χ2v) is 7.81. The molecule has 2 atom stereocenters. The van der Waals surface area contributed by atoms with Crippen molar-refractivity contribution in [1.82, 2.24) is 9.80 Å². The van der Waals surface area contributed by atoms with Crippen LogP contribution in [0.25, 0.3) is 11.0 Å². The summed E-state index contributed by atoms with van der Waals surface area (Å²) in [5.74, 6) is -2.84. The summed E-state index contributed by atoms with van der Waals surface area (Å²) < 4.78 is 37.3. The maximum Gasteiger partial charge on any atom is 0.490 e. The van der Waals surface area contributed by atoms with Gasteiger partial charge in [0, 0.05) is 36.6 Å². The minimum Gasteiger partial charge on any atom is -0.475 e. The molecule has 1 aliphatic rings. The highest BCUT2D eigenvalue weighted by atomic mass is 19.4. The average molecular weight is 471 g/mol. The number of fused-ring (bicyclic) bond motifs is 1. The van der Waals surface area contributed by atoms with Crippen LogP contribution in [0.5, 0.6) is 0 Å². The molecular formula is C22H28F3N3O5. The van der Waals surface area contributed by atoms with Crippen molar-refractivity contribution in [3.8, 4) is 0 Å². The van der Waals surface area contributed by atoms with E-state index in [4.69, 9.17) is 20.1 Å². The number of carbonyl (C=O) groups is 3. The molecule has 0 aliphatic carbocycles. The fourth-order valence-corrected chi connectivity index (χ4v) is 3.72. The number of alkyl halides is 3. The van der Waals surface area contributed by atoms with E-state index in [-0.39, 0.29) is 24.3 Å². The van der Waals surface area contributed by atoms with Crippen molar-refractivity contribution in [3.05, 3.63) is 35.6 Å². The lowest BCUT2D eigenvalue weighted by Gasteiger charge is -2.28. The van der Waals surface area contributed by atoms with E-state index < -0.39 is 18.2 Å². The molecule has 1 aliphatic heterocycles. The molecule has 1 fully saturated rings. The van der Waals surface area contributed by atoms with Crippen molar-refractivity contribution >= 4 is 28.8 Å². The first-order chi connectivity index (χ1) is 15.4. The average Bonchev–Trinajstić information content (AvgIpc) is 3.31. The fourth-order valence-electron chi connectivity index (χ4n) is 3.72. The van der Waals surface area contributed by atoms with Crippen LogP contribution in [0.4, 0.5) is 13.2 Å². The molecule has 0 radical (unpaired) electrons. The van der Waals surface area contributed by atoms with Crippen LogP contribution in [0, 0.1) is 6.92 Å². The second-order valence-electron chi connectivity index (χ2n) is 7.81. The van der Waals surface area contributed by atoms with Gasteiger partial charge in [-0.2, -0.15) is 13.2 Å². The van der Waals surface area contributed by atoms with Crippen molar-refractivity contribution in [1.29, 1.82) is 0 Å². The molecule has 1 saturated heterocycles. The number of likely N-dealkylation sites (N-methyl/N-ethyl adjacent to an activating group) is 1. The Balaban J connectivity index is 0.000000479. The first-order valence-corrected chi connectivity index (χ1v) is 10.5. The summed E-state index contributed by atoms with van der Waals surface area (Å²) in [6, 6.07) is 5.32. The van der Waals surface area contributed by atoms with E-state index in [0.29, 0.717) is 26.1 Å². The number of aliphatic carboxylic acids is 1. The Bertz CT molecular complexity index is 1000. The van der Waals surface area contributed by atoms with Crippen molar-refractivity contribution < 1.29 is 37.1 Å². The van der Waals surface area contributed by atoms with Gasteiger partial charge in [-0.15, -0.1) is 0 Å². The van der Waals surface area contributed by atoms with Gasteiger partial charge in [0.2, 0.25) is 11.8 Å². The molecular weight excluding hydrogens is 443 g/mol. The molecule has 2 aromatic rings. The van der Waals surface area contributed by atoms with Crippen molar-refractivity contribution in [3.63, 3.8) is 0 Å². The van der Waals surface area contributed by atoms with Crippen molar-refractivity contribution in [2.45, 2.75) is 51.9 Å². The van der Waals surface area contributed by atoms with Gasteiger partial charge in [-0.1, -0.05) is 12.1 Å². The van der Waals surface area contributed by atoms with Crippen LogP contribution < -0.4 is 5.73 Å². The maximum atomic E-state index is 12.9. The summed E-state index contributed by atoms with van der Waals surface area (Å²) in [6.45, 7) is 7.58. The van der Waals surface area contributed by atoms with Gasteiger partial charge in [0.05, 0.1) is 12.7 Å². The van der Waals surface area contributed by atoms with Gasteiger partial charge in [-0.05, 0) is 38.8 Å². The minimum absolute atomic E-state index is 0.0102. The zero-order valence-corrected chi connectivity index (χ0v) is 18.7. The summed E-state index contributed by atoms with van der Waals surface area (Å²) in [6.07, 6.45) is -2.71. The van der Waals surface area contributed by atoms with Gasteiger partial charge in [0.15, 0.2) is 0 Å². The van der Waals surface area contributed by atoms with E-state index in [2.05, 4.69) is 0 Å². The minimum atomic E-state index is -5.08. The van der Waals surface area contributed by atoms with Gasteiger partial charge < -0.3 is 25.1 Å². The third kappa shape index (κ3) is 6.47. The topological polar surface area (TPSA) is 117 Å². The number of nitrogens with zero attached hydrogens (tertiary/aromatic N) is 2. The zero-order valence-electron chi connectivity index (χ0n) is 18.7. The van der Waals surface area contributed by atoms with Gasteiger partial charge in [0.25, 0.3) is 0 Å². The first-order valence-electron chi connectivity index (χ1n) is 10.5. The number of aryl methyl sites for hydroxylation is 1. The Labute approximate surface area is 189 Å². The van der Waals surface area contributed by atoms with Crippen molar-refractivity contribution in [2.75, 3.05) is 19.6 Å². The van der Waals surface area contributed by atoms with Crippen LogP contribution >= 0.6 is 0 Å². The van der Waals surface area contributed by atoms with Crippen LogP contribution in [0.15, 0.2) is 28.9 Å². The Morgan fingerprint density at radius 3 is 2.39 bits per heavy atom. The Morgan fingerprint density at radius 2 is 1.85 bits per heavy atom. The molecule has 11 heteroatoms. The van der Waals surface area contributed by atoms with Gasteiger partial charge in [-0.25, -0.2) is 4.79 Å². The summed E-state index contributed by atoms with van der Waals surface area (Å²) in [7, 11) is 0. The largest absolute Gasteiger partial charge is 0.490 e. The number of carboxylic acid groups (broad SMARTS) is 1. The number of amides is 2. The molecule has 0 saturated carbocycles. The smallest absolute Gasteiger partial charge is 0.475 e. The summed E-state index contributed by atoms with van der Waals surface area (Å²) in [5.41, 5.74) is 8.81. The third-order valence-electron chi connectivity index (χ3n) is 5.41. The third-order valence-corrected chi connectivity index (χ3v) is 5.41. The van der Waals surface area contributed by atoms with E-state index in [1.165, 1.54) is 0 Å². The number of likely N-dealkylation sites (tertiary alicyclic amines) is 1. The lowest BCUT2D eigenvalue weighted by atomic mass is 10.1. The second kappa shape index (κ2) is 10.7. The molecule has 2 amide bonds. The van der Waals surface area contributed by atoms with Crippen LogP contribution in [-0.4, -0.2) is 70.6 Å². The molecule has 1 aromatic carbocycles. The van der Waals surface area contributed by atoms with Gasteiger partial charge >= 0.3 is 12.1 Å². The van der Waals surface area contributed by atoms with Gasteiger partial charge in [0.1, 0.15) is 11.6 Å². The van der Waals surface area contributed by atoms with Crippen LogP contribution in [0.1, 0.15) is 31.4 Å². The predicted molar refractivity (Wildman–Crippen MR) is 114 cm³/mol. The molecule has 1 aromatic heterocycles. The summed E-state index contributed by atoms with van der Waals surface area (Å²) in [5, 5.41) is 8.07. The highest BCUT2D eigenvalue weighted by Crippen LogP contribution is 2.25. The molecule has 3 N–H and O–H groups in total. The quantitative estimate of drug-likeness (QED) is 0.693. The number of furan rings is 1. The molecule has 8 nitrogen and oxygen atoms in total. The highest BCUT2D eigenvalue weighted by Gasteiger charge is 2.40. The molecule has 0 unspecified atom stereocenters. The number of hydrogen-bond acceptors (Lipinski definition) is 5. The van der Waals surface area contributed by atoms with E-state index in [1.54, 1.807) is 16.1 Å². The standard InChI is InChI=1S/C20H27N3O3.C2HF3O2/c1-4-22(5-2)20(25)17-10-15(21)11-23(17)19(24)9-14-12-26-18-8-13(3)6-7-16(14)18;3-2(4,5)1(6)7/h6-8,12,15,17H,4-5,9-11,21H2,1-3H3;(H,6,7)/t15-,17+;/m1./s1.